The van der Waals surface area contributed by atoms with Crippen LogP contribution in [0.15, 0.2) is 66.7 Å². The molecule has 2 aromatic carbocycles. The largest absolute Gasteiger partial charge is 0.489 e. The van der Waals surface area contributed by atoms with Gasteiger partial charge in [-0.2, -0.15) is 0 Å². The van der Waals surface area contributed by atoms with E-state index in [4.69, 9.17) is 11.2 Å². The number of benzene rings is 2. The van der Waals surface area contributed by atoms with Crippen molar-refractivity contribution < 1.29 is 4.74 Å². The van der Waals surface area contributed by atoms with Crippen molar-refractivity contribution in [2.75, 3.05) is 13.1 Å². The third-order valence-electron chi connectivity index (χ3n) is 3.88. The van der Waals surface area contributed by atoms with Crippen molar-refractivity contribution in [3.63, 3.8) is 0 Å². The van der Waals surface area contributed by atoms with Crippen LogP contribution < -0.4 is 4.74 Å². The lowest BCUT2D eigenvalue weighted by Gasteiger charge is -2.18. The van der Waals surface area contributed by atoms with E-state index in [0.29, 0.717) is 13.2 Å². The average Bonchev–Trinajstić information content (AvgIpc) is 2.66. The van der Waals surface area contributed by atoms with Crippen molar-refractivity contribution in [2.24, 2.45) is 5.41 Å². The molecule has 0 bridgehead atoms. The van der Waals surface area contributed by atoms with Crippen molar-refractivity contribution in [1.82, 2.24) is 4.90 Å². The van der Waals surface area contributed by atoms with E-state index in [-0.39, 0.29) is 5.41 Å². The lowest BCUT2D eigenvalue weighted by atomic mass is 9.98. The topological polar surface area (TPSA) is 12.5 Å². The summed E-state index contributed by atoms with van der Waals surface area (Å²) in [6, 6.07) is 18.4. The Kier molecular flexibility index (Phi) is 8.41. The van der Waals surface area contributed by atoms with Gasteiger partial charge in [0, 0.05) is 18.5 Å². The van der Waals surface area contributed by atoms with E-state index in [9.17, 15) is 0 Å². The number of nitrogens with zero attached hydrogens (tertiary/aromatic N) is 1. The van der Waals surface area contributed by atoms with E-state index in [2.05, 4.69) is 73.8 Å². The third-order valence-corrected chi connectivity index (χ3v) is 3.88. The van der Waals surface area contributed by atoms with Gasteiger partial charge in [0.1, 0.15) is 12.4 Å². The van der Waals surface area contributed by atoms with Crippen LogP contribution >= 0.6 is 0 Å². The molecule has 0 N–H and O–H groups in total. The average molecular weight is 372 g/mol. The van der Waals surface area contributed by atoms with E-state index in [1.54, 1.807) is 0 Å². The van der Waals surface area contributed by atoms with Crippen molar-refractivity contribution in [1.29, 1.82) is 0 Å². The highest BCUT2D eigenvalue weighted by molar-refractivity contribution is 5.29. The molecule has 0 atom stereocenters. The Morgan fingerprint density at radius 1 is 1.04 bits per heavy atom. The van der Waals surface area contributed by atoms with E-state index < -0.39 is 0 Å². The summed E-state index contributed by atoms with van der Waals surface area (Å²) >= 11 is 0. The predicted octanol–water partition coefficient (Wildman–Crippen LogP) is 5.31. The van der Waals surface area contributed by atoms with E-state index in [1.165, 1.54) is 5.56 Å². The van der Waals surface area contributed by atoms with Gasteiger partial charge in [-0.1, -0.05) is 66.3 Å². The molecule has 0 aromatic heterocycles. The fraction of sp³-hybridized carbons (Fsp3) is 0.308. The van der Waals surface area contributed by atoms with Crippen molar-refractivity contribution in [3.8, 4) is 29.9 Å². The molecule has 2 nitrogen and oxygen atoms in total. The van der Waals surface area contributed by atoms with Gasteiger partial charge < -0.3 is 4.74 Å². The minimum Gasteiger partial charge on any atom is -0.489 e. The molecule has 144 valence electrons. The summed E-state index contributed by atoms with van der Waals surface area (Å²) < 4.78 is 5.93. The quantitative estimate of drug-likeness (QED) is 0.583. The number of terminal acetylenes is 1. The second kappa shape index (κ2) is 11.0. The fourth-order valence-corrected chi connectivity index (χ4v) is 2.57. The van der Waals surface area contributed by atoms with E-state index >= 15 is 0 Å². The lowest BCUT2D eigenvalue weighted by molar-refractivity contribution is 0.303. The molecule has 0 saturated heterocycles. The van der Waals surface area contributed by atoms with Crippen molar-refractivity contribution in [2.45, 2.75) is 33.9 Å². The van der Waals surface area contributed by atoms with Gasteiger partial charge in [-0.15, -0.1) is 6.42 Å². The molecule has 2 aromatic rings. The highest BCUT2D eigenvalue weighted by atomic mass is 16.5. The van der Waals surface area contributed by atoms with Crippen LogP contribution in [-0.4, -0.2) is 18.0 Å². The third kappa shape index (κ3) is 8.63. The first kappa shape index (κ1) is 21.4. The minimum absolute atomic E-state index is 0.0169. The van der Waals surface area contributed by atoms with Crippen LogP contribution in [0.2, 0.25) is 0 Å². The van der Waals surface area contributed by atoms with Gasteiger partial charge in [0.25, 0.3) is 0 Å². The highest BCUT2D eigenvalue weighted by Gasteiger charge is 2.05. The molecule has 0 amide bonds. The van der Waals surface area contributed by atoms with Crippen LogP contribution in [0.1, 0.15) is 31.9 Å². The number of rotatable bonds is 8. The predicted molar refractivity (Wildman–Crippen MR) is 118 cm³/mol. The molecule has 2 heteroatoms. The second-order valence-corrected chi connectivity index (χ2v) is 7.72. The number of ether oxygens (including phenoxy) is 1. The monoisotopic (exact) mass is 371 g/mol. The molecule has 0 fully saturated rings. The summed E-state index contributed by atoms with van der Waals surface area (Å²) in [5.41, 5.74) is 2.35. The van der Waals surface area contributed by atoms with Gasteiger partial charge in [0.15, 0.2) is 0 Å². The molecule has 2 rings (SSSR count). The van der Waals surface area contributed by atoms with E-state index in [0.717, 1.165) is 24.4 Å². The lowest BCUT2D eigenvalue weighted by Crippen LogP contribution is -2.23. The Morgan fingerprint density at radius 3 is 2.50 bits per heavy atom. The molecule has 0 heterocycles. The number of hydrogen-bond donors (Lipinski definition) is 0. The second-order valence-electron chi connectivity index (χ2n) is 7.72. The van der Waals surface area contributed by atoms with E-state index in [1.807, 2.05) is 36.4 Å². The minimum atomic E-state index is 0.0169. The zero-order valence-electron chi connectivity index (χ0n) is 17.1. The summed E-state index contributed by atoms with van der Waals surface area (Å²) in [6.07, 6.45) is 9.52. The summed E-state index contributed by atoms with van der Waals surface area (Å²) in [6.45, 7) is 8.99. The number of hydrogen-bond acceptors (Lipinski definition) is 2. The van der Waals surface area contributed by atoms with Crippen LogP contribution in [0.25, 0.3) is 0 Å². The Balaban J connectivity index is 1.93. The Morgan fingerprint density at radius 2 is 1.79 bits per heavy atom. The Bertz CT molecular complexity index is 857. The normalized spacial score (nSPS) is 11.1. The molecule has 0 aliphatic heterocycles. The van der Waals surface area contributed by atoms with Crippen LogP contribution in [0.4, 0.5) is 0 Å². The van der Waals surface area contributed by atoms with Crippen LogP contribution in [0, 0.1) is 29.6 Å². The maximum absolute atomic E-state index is 5.93. The molecular formula is C26H29NO. The highest BCUT2D eigenvalue weighted by Crippen LogP contribution is 2.17. The van der Waals surface area contributed by atoms with Gasteiger partial charge in [0.2, 0.25) is 0 Å². The van der Waals surface area contributed by atoms with Crippen LogP contribution in [0.5, 0.6) is 5.75 Å². The Labute approximate surface area is 170 Å². The molecular weight excluding hydrogens is 342 g/mol. The van der Waals surface area contributed by atoms with Crippen LogP contribution in [-0.2, 0) is 13.2 Å². The summed E-state index contributed by atoms with van der Waals surface area (Å²) in [5.74, 6) is 9.91. The van der Waals surface area contributed by atoms with Crippen LogP contribution in [0.3, 0.4) is 0 Å². The maximum Gasteiger partial charge on any atom is 0.120 e. The Hall–Kier alpha value is -2.94. The molecule has 0 aliphatic carbocycles. The molecule has 0 saturated carbocycles. The van der Waals surface area contributed by atoms with Gasteiger partial charge in [0.05, 0.1) is 6.54 Å². The fourth-order valence-electron chi connectivity index (χ4n) is 2.57. The smallest absolute Gasteiger partial charge is 0.120 e. The standard InChI is InChI=1S/C26H29NO/c1-5-18-27(19-11-7-10-17-26(2,3)4)21-24-15-12-16-25(20-24)28-22-23-13-8-6-9-14-23/h1,6-9,11-16,20H,18-19,21-22H2,2-4H3/b11-7+. The SMILES string of the molecule is C#CCN(C/C=C/C#CC(C)(C)C)Cc1cccc(OCc2ccccc2)c1. The molecule has 0 radical (unpaired) electrons. The van der Waals surface area contributed by atoms with Crippen molar-refractivity contribution in [3.05, 3.63) is 77.9 Å². The first-order chi connectivity index (χ1) is 13.5. The molecule has 0 unspecified atom stereocenters. The van der Waals surface area contributed by atoms with Gasteiger partial charge in [-0.25, -0.2) is 0 Å². The summed E-state index contributed by atoms with van der Waals surface area (Å²) in [4.78, 5) is 2.20. The molecule has 0 aliphatic rings. The summed E-state index contributed by atoms with van der Waals surface area (Å²) in [5, 5.41) is 0. The zero-order valence-corrected chi connectivity index (χ0v) is 17.1. The maximum atomic E-state index is 5.93. The van der Waals surface area contributed by atoms with Gasteiger partial charge in [-0.3, -0.25) is 4.90 Å². The summed E-state index contributed by atoms with van der Waals surface area (Å²) in [7, 11) is 0. The van der Waals surface area contributed by atoms with Gasteiger partial charge in [-0.05, 0) is 50.1 Å². The van der Waals surface area contributed by atoms with Crippen molar-refractivity contribution >= 4 is 0 Å². The number of allylic oxidation sites excluding steroid dienone is 1. The molecule has 0 spiro atoms. The molecule has 28 heavy (non-hydrogen) atoms. The zero-order chi connectivity index (χ0) is 20.2. The van der Waals surface area contributed by atoms with Gasteiger partial charge >= 0.3 is 0 Å². The first-order valence-electron chi connectivity index (χ1n) is 9.55. The first-order valence-corrected chi connectivity index (χ1v) is 9.55.